The lowest BCUT2D eigenvalue weighted by Gasteiger charge is -2.32. The minimum Gasteiger partial charge on any atom is -0.351 e. The molecule has 0 radical (unpaired) electrons. The van der Waals surface area contributed by atoms with Crippen LogP contribution in [-0.4, -0.2) is 43.5 Å². The zero-order chi connectivity index (χ0) is 13.9. The molecule has 3 atom stereocenters. The number of amides is 1. The molecule has 1 aliphatic rings. The summed E-state index contributed by atoms with van der Waals surface area (Å²) >= 11 is 0. The summed E-state index contributed by atoms with van der Waals surface area (Å²) in [6.45, 7) is 7.17. The quantitative estimate of drug-likeness (QED) is 0.776. The van der Waals surface area contributed by atoms with Crippen LogP contribution in [0, 0.1) is 11.3 Å². The highest BCUT2D eigenvalue weighted by atomic mass is 16.2. The molecule has 106 valence electrons. The van der Waals surface area contributed by atoms with Crippen LogP contribution in [0.1, 0.15) is 40.0 Å². The molecule has 1 saturated carbocycles. The Morgan fingerprint density at radius 1 is 1.50 bits per heavy atom. The van der Waals surface area contributed by atoms with E-state index in [2.05, 4.69) is 24.1 Å². The molecule has 0 aromatic carbocycles. The largest absolute Gasteiger partial charge is 0.351 e. The first kappa shape index (κ1) is 15.4. The molecule has 0 aliphatic heterocycles. The van der Waals surface area contributed by atoms with Crippen LogP contribution in [0.2, 0.25) is 0 Å². The number of hydrogen-bond donors (Lipinski definition) is 2. The zero-order valence-corrected chi connectivity index (χ0v) is 12.5. The highest BCUT2D eigenvalue weighted by molar-refractivity contribution is 5.83. The molecular weight excluding hydrogens is 226 g/mol. The number of nitrogens with two attached hydrogens (primary N) is 1. The Morgan fingerprint density at radius 3 is 2.50 bits per heavy atom. The summed E-state index contributed by atoms with van der Waals surface area (Å²) in [4.78, 5) is 14.6. The Labute approximate surface area is 111 Å². The number of likely N-dealkylation sites (N-methyl/N-ethyl adjacent to an activating group) is 1. The molecule has 0 aromatic rings. The van der Waals surface area contributed by atoms with E-state index < -0.39 is 0 Å². The molecule has 4 nitrogen and oxygen atoms in total. The second-order valence-corrected chi connectivity index (χ2v) is 6.50. The number of rotatable bonds is 5. The van der Waals surface area contributed by atoms with Gasteiger partial charge in [0.25, 0.3) is 0 Å². The van der Waals surface area contributed by atoms with Gasteiger partial charge in [-0.15, -0.1) is 0 Å². The van der Waals surface area contributed by atoms with Crippen molar-refractivity contribution in [2.24, 2.45) is 17.1 Å². The second kappa shape index (κ2) is 6.02. The van der Waals surface area contributed by atoms with Crippen molar-refractivity contribution in [3.8, 4) is 0 Å². The monoisotopic (exact) mass is 255 g/mol. The van der Waals surface area contributed by atoms with E-state index in [4.69, 9.17) is 5.73 Å². The Morgan fingerprint density at radius 2 is 2.11 bits per heavy atom. The van der Waals surface area contributed by atoms with Gasteiger partial charge < -0.3 is 16.0 Å². The van der Waals surface area contributed by atoms with Gasteiger partial charge in [0.15, 0.2) is 0 Å². The van der Waals surface area contributed by atoms with Crippen LogP contribution in [0.3, 0.4) is 0 Å². The van der Waals surface area contributed by atoms with E-state index in [-0.39, 0.29) is 23.4 Å². The van der Waals surface area contributed by atoms with Crippen LogP contribution in [-0.2, 0) is 4.79 Å². The first-order valence-corrected chi connectivity index (χ1v) is 6.98. The van der Waals surface area contributed by atoms with Crippen molar-refractivity contribution in [2.75, 3.05) is 20.6 Å². The van der Waals surface area contributed by atoms with Gasteiger partial charge in [0, 0.05) is 18.6 Å². The molecule has 3 N–H and O–H groups in total. The molecule has 18 heavy (non-hydrogen) atoms. The summed E-state index contributed by atoms with van der Waals surface area (Å²) in [5, 5.41) is 3.20. The molecule has 1 amide bonds. The molecule has 1 rings (SSSR count). The third-order valence-corrected chi connectivity index (χ3v) is 4.23. The SMILES string of the molecule is CC(C)C(CN(C)C)NC(=O)C1(C)CCCC1N. The van der Waals surface area contributed by atoms with Gasteiger partial charge in [-0.25, -0.2) is 0 Å². The Hall–Kier alpha value is -0.610. The number of nitrogens with zero attached hydrogens (tertiary/aromatic N) is 1. The van der Waals surface area contributed by atoms with Gasteiger partial charge in [-0.3, -0.25) is 4.79 Å². The van der Waals surface area contributed by atoms with Gasteiger partial charge in [-0.2, -0.15) is 0 Å². The standard InChI is InChI=1S/C14H29N3O/c1-10(2)11(9-17(4)5)16-13(18)14(3)8-6-7-12(14)15/h10-12H,6-9,15H2,1-5H3,(H,16,18). The van der Waals surface area contributed by atoms with Gasteiger partial charge >= 0.3 is 0 Å². The van der Waals surface area contributed by atoms with Crippen LogP contribution < -0.4 is 11.1 Å². The lowest BCUT2D eigenvalue weighted by atomic mass is 9.83. The van der Waals surface area contributed by atoms with Crippen molar-refractivity contribution < 1.29 is 4.79 Å². The second-order valence-electron chi connectivity index (χ2n) is 6.50. The van der Waals surface area contributed by atoms with Crippen LogP contribution >= 0.6 is 0 Å². The Balaban J connectivity index is 2.66. The van der Waals surface area contributed by atoms with Crippen LogP contribution in [0.4, 0.5) is 0 Å². The van der Waals surface area contributed by atoms with Gasteiger partial charge in [0.05, 0.1) is 5.41 Å². The van der Waals surface area contributed by atoms with Crippen molar-refractivity contribution >= 4 is 5.91 Å². The lowest BCUT2D eigenvalue weighted by Crippen LogP contribution is -2.53. The van der Waals surface area contributed by atoms with Crippen molar-refractivity contribution in [2.45, 2.75) is 52.1 Å². The number of nitrogens with one attached hydrogen (secondary N) is 1. The molecule has 4 heteroatoms. The fraction of sp³-hybridized carbons (Fsp3) is 0.929. The third kappa shape index (κ3) is 3.45. The molecule has 3 unspecified atom stereocenters. The highest BCUT2D eigenvalue weighted by Gasteiger charge is 2.43. The van der Waals surface area contributed by atoms with Crippen molar-refractivity contribution in [3.05, 3.63) is 0 Å². The molecule has 0 aromatic heterocycles. The number of carbonyl (C=O) groups is 1. The van der Waals surface area contributed by atoms with Gasteiger partial charge in [0.2, 0.25) is 5.91 Å². The van der Waals surface area contributed by atoms with E-state index in [9.17, 15) is 4.79 Å². The summed E-state index contributed by atoms with van der Waals surface area (Å²) in [7, 11) is 4.06. The predicted octanol–water partition coefficient (Wildman–Crippen LogP) is 1.21. The minimum absolute atomic E-state index is 0.00432. The zero-order valence-electron chi connectivity index (χ0n) is 12.5. The van der Waals surface area contributed by atoms with E-state index in [0.29, 0.717) is 5.92 Å². The van der Waals surface area contributed by atoms with Crippen molar-refractivity contribution in [3.63, 3.8) is 0 Å². The average Bonchev–Trinajstić information content (AvgIpc) is 2.58. The van der Waals surface area contributed by atoms with Crippen molar-refractivity contribution in [1.82, 2.24) is 10.2 Å². The molecule has 0 bridgehead atoms. The number of carbonyl (C=O) groups excluding carboxylic acids is 1. The summed E-state index contributed by atoms with van der Waals surface area (Å²) in [6, 6.07) is 0.196. The third-order valence-electron chi connectivity index (χ3n) is 4.23. The Bertz CT molecular complexity index is 291. The van der Waals surface area contributed by atoms with Crippen LogP contribution in [0.5, 0.6) is 0 Å². The fourth-order valence-corrected chi connectivity index (χ4v) is 2.62. The summed E-state index contributed by atoms with van der Waals surface area (Å²) in [5.74, 6) is 0.561. The first-order chi connectivity index (χ1) is 8.27. The van der Waals surface area contributed by atoms with E-state index in [1.807, 2.05) is 21.0 Å². The van der Waals surface area contributed by atoms with E-state index in [1.54, 1.807) is 0 Å². The van der Waals surface area contributed by atoms with Crippen LogP contribution in [0.25, 0.3) is 0 Å². The van der Waals surface area contributed by atoms with Gasteiger partial charge in [-0.1, -0.05) is 20.3 Å². The maximum absolute atomic E-state index is 12.5. The summed E-state index contributed by atoms with van der Waals surface area (Å²) in [6.07, 6.45) is 2.93. The topological polar surface area (TPSA) is 58.4 Å². The molecule has 1 fully saturated rings. The molecule has 0 heterocycles. The lowest BCUT2D eigenvalue weighted by molar-refractivity contribution is -0.131. The molecule has 1 aliphatic carbocycles. The average molecular weight is 255 g/mol. The summed E-state index contributed by atoms with van der Waals surface area (Å²) in [5.41, 5.74) is 5.72. The number of hydrogen-bond acceptors (Lipinski definition) is 3. The fourth-order valence-electron chi connectivity index (χ4n) is 2.62. The Kier molecular flexibility index (Phi) is 5.17. The normalized spacial score (nSPS) is 29.9. The van der Waals surface area contributed by atoms with E-state index >= 15 is 0 Å². The predicted molar refractivity (Wildman–Crippen MR) is 75.3 cm³/mol. The molecular formula is C14H29N3O. The minimum atomic E-state index is -0.376. The van der Waals surface area contributed by atoms with E-state index in [1.165, 1.54) is 0 Å². The molecule has 0 spiro atoms. The highest BCUT2D eigenvalue weighted by Crippen LogP contribution is 2.37. The maximum Gasteiger partial charge on any atom is 0.227 e. The van der Waals surface area contributed by atoms with Crippen molar-refractivity contribution in [1.29, 1.82) is 0 Å². The maximum atomic E-state index is 12.5. The smallest absolute Gasteiger partial charge is 0.227 e. The van der Waals surface area contributed by atoms with Gasteiger partial charge in [-0.05, 0) is 39.8 Å². The van der Waals surface area contributed by atoms with Gasteiger partial charge in [0.1, 0.15) is 0 Å². The van der Waals surface area contributed by atoms with E-state index in [0.717, 1.165) is 25.8 Å². The first-order valence-electron chi connectivity index (χ1n) is 6.98. The molecule has 0 saturated heterocycles. The summed E-state index contributed by atoms with van der Waals surface area (Å²) < 4.78 is 0. The van der Waals surface area contributed by atoms with Crippen LogP contribution in [0.15, 0.2) is 0 Å².